The van der Waals surface area contributed by atoms with Gasteiger partial charge in [0.1, 0.15) is 17.5 Å². The van der Waals surface area contributed by atoms with Crippen molar-refractivity contribution in [3.05, 3.63) is 46.8 Å². The number of benzene rings is 1. The number of hydrazine groups is 1. The van der Waals surface area contributed by atoms with Crippen LogP contribution in [0.5, 0.6) is 0 Å². The molecule has 0 saturated heterocycles. The molecule has 5 nitrogen and oxygen atoms in total. The third-order valence-electron chi connectivity index (χ3n) is 4.07. The van der Waals surface area contributed by atoms with Gasteiger partial charge in [-0.3, -0.25) is 0 Å². The SMILES string of the molecule is Cc1nc(NN)c(C)c(NC2CCCc3ccccc32)n1. The normalized spacial score (nSPS) is 17.2. The molecule has 0 aliphatic heterocycles. The average Bonchev–Trinajstić information content (AvgIpc) is 2.51. The minimum atomic E-state index is 0.300. The largest absolute Gasteiger partial charge is 0.363 e. The highest BCUT2D eigenvalue weighted by Gasteiger charge is 2.21. The zero-order valence-corrected chi connectivity index (χ0v) is 12.5. The van der Waals surface area contributed by atoms with Crippen LogP contribution in [0.4, 0.5) is 11.6 Å². The molecular weight excluding hydrogens is 262 g/mol. The van der Waals surface area contributed by atoms with E-state index in [1.54, 1.807) is 0 Å². The van der Waals surface area contributed by atoms with Gasteiger partial charge in [0.05, 0.1) is 6.04 Å². The standard InChI is InChI=1S/C16H21N5/c1-10-15(18-11(2)19-16(10)21-17)20-14-9-5-7-12-6-3-4-8-13(12)14/h3-4,6,8,14H,5,7,9,17H2,1-2H3,(H2,18,19,20,21). The minimum Gasteiger partial charge on any atom is -0.363 e. The Morgan fingerprint density at radius 2 is 1.90 bits per heavy atom. The fourth-order valence-electron chi connectivity index (χ4n) is 2.98. The molecule has 3 rings (SSSR count). The van der Waals surface area contributed by atoms with Gasteiger partial charge in [-0.25, -0.2) is 15.8 Å². The third kappa shape index (κ3) is 2.69. The first-order chi connectivity index (χ1) is 10.2. The summed E-state index contributed by atoms with van der Waals surface area (Å²) in [4.78, 5) is 8.83. The van der Waals surface area contributed by atoms with Crippen molar-refractivity contribution in [3.63, 3.8) is 0 Å². The summed E-state index contributed by atoms with van der Waals surface area (Å²) in [5, 5.41) is 3.57. The number of nitrogens with one attached hydrogen (secondary N) is 2. The van der Waals surface area contributed by atoms with Gasteiger partial charge in [-0.2, -0.15) is 0 Å². The van der Waals surface area contributed by atoms with Gasteiger partial charge in [0, 0.05) is 5.56 Å². The molecule has 1 aromatic carbocycles. The molecule has 0 radical (unpaired) electrons. The summed E-state index contributed by atoms with van der Waals surface area (Å²) in [7, 11) is 0. The van der Waals surface area contributed by atoms with Crippen LogP contribution < -0.4 is 16.6 Å². The maximum absolute atomic E-state index is 5.53. The lowest BCUT2D eigenvalue weighted by Gasteiger charge is -2.27. The molecule has 1 heterocycles. The lowest BCUT2D eigenvalue weighted by molar-refractivity contribution is 0.598. The lowest BCUT2D eigenvalue weighted by atomic mass is 9.87. The van der Waals surface area contributed by atoms with Crippen LogP contribution in [0.25, 0.3) is 0 Å². The molecule has 21 heavy (non-hydrogen) atoms. The Labute approximate surface area is 125 Å². The molecule has 0 fully saturated rings. The summed E-state index contributed by atoms with van der Waals surface area (Å²) in [5.41, 5.74) is 6.40. The predicted octanol–water partition coefficient (Wildman–Crippen LogP) is 2.87. The van der Waals surface area contributed by atoms with E-state index in [2.05, 4.69) is 45.0 Å². The van der Waals surface area contributed by atoms with Crippen molar-refractivity contribution in [3.8, 4) is 0 Å². The summed E-state index contributed by atoms with van der Waals surface area (Å²) in [6.45, 7) is 3.85. The number of hydrogen-bond donors (Lipinski definition) is 3. The molecule has 2 aromatic rings. The Kier molecular flexibility index (Phi) is 3.75. The molecule has 1 unspecified atom stereocenters. The topological polar surface area (TPSA) is 75.9 Å². The van der Waals surface area contributed by atoms with E-state index in [9.17, 15) is 0 Å². The van der Waals surface area contributed by atoms with E-state index >= 15 is 0 Å². The number of nitrogen functional groups attached to an aromatic ring is 1. The summed E-state index contributed by atoms with van der Waals surface area (Å²) in [5.74, 6) is 7.77. The first-order valence-electron chi connectivity index (χ1n) is 7.35. The van der Waals surface area contributed by atoms with E-state index in [4.69, 9.17) is 5.84 Å². The monoisotopic (exact) mass is 283 g/mol. The van der Waals surface area contributed by atoms with Crippen molar-refractivity contribution in [1.82, 2.24) is 9.97 Å². The number of nitrogens with zero attached hydrogens (tertiary/aromatic N) is 2. The van der Waals surface area contributed by atoms with Crippen LogP contribution in [-0.4, -0.2) is 9.97 Å². The number of hydrogen-bond acceptors (Lipinski definition) is 5. The Morgan fingerprint density at radius 3 is 2.71 bits per heavy atom. The van der Waals surface area contributed by atoms with E-state index in [0.717, 1.165) is 24.2 Å². The molecular formula is C16H21N5. The molecule has 110 valence electrons. The second-order valence-corrected chi connectivity index (χ2v) is 5.53. The van der Waals surface area contributed by atoms with E-state index in [1.165, 1.54) is 17.5 Å². The van der Waals surface area contributed by atoms with Crippen LogP contribution in [-0.2, 0) is 6.42 Å². The van der Waals surface area contributed by atoms with Gasteiger partial charge in [0.25, 0.3) is 0 Å². The van der Waals surface area contributed by atoms with Crippen LogP contribution in [0.3, 0.4) is 0 Å². The van der Waals surface area contributed by atoms with Crippen molar-refractivity contribution in [2.45, 2.75) is 39.2 Å². The van der Waals surface area contributed by atoms with E-state index in [0.29, 0.717) is 17.7 Å². The molecule has 1 aliphatic rings. The highest BCUT2D eigenvalue weighted by molar-refractivity contribution is 5.57. The molecule has 1 aromatic heterocycles. The average molecular weight is 283 g/mol. The maximum atomic E-state index is 5.53. The van der Waals surface area contributed by atoms with Gasteiger partial charge in [0.15, 0.2) is 0 Å². The Morgan fingerprint density at radius 1 is 1.14 bits per heavy atom. The van der Waals surface area contributed by atoms with Gasteiger partial charge < -0.3 is 10.7 Å². The first-order valence-corrected chi connectivity index (χ1v) is 7.35. The number of aryl methyl sites for hydroxylation is 2. The molecule has 5 heteroatoms. The highest BCUT2D eigenvalue weighted by atomic mass is 15.3. The molecule has 4 N–H and O–H groups in total. The molecule has 0 saturated carbocycles. The Bertz CT molecular complexity index is 653. The van der Waals surface area contributed by atoms with Crippen molar-refractivity contribution in [1.29, 1.82) is 0 Å². The molecule has 1 aliphatic carbocycles. The van der Waals surface area contributed by atoms with Gasteiger partial charge in [0.2, 0.25) is 0 Å². The Balaban J connectivity index is 1.93. The minimum absolute atomic E-state index is 0.300. The number of aromatic nitrogens is 2. The van der Waals surface area contributed by atoms with Crippen LogP contribution in [0, 0.1) is 13.8 Å². The number of fused-ring (bicyclic) bond motifs is 1. The quantitative estimate of drug-likeness (QED) is 0.596. The van der Waals surface area contributed by atoms with Crippen LogP contribution in [0.2, 0.25) is 0 Å². The molecule has 0 amide bonds. The van der Waals surface area contributed by atoms with Gasteiger partial charge in [-0.1, -0.05) is 24.3 Å². The fourth-order valence-corrected chi connectivity index (χ4v) is 2.98. The van der Waals surface area contributed by atoms with Crippen molar-refractivity contribution in [2.75, 3.05) is 10.7 Å². The van der Waals surface area contributed by atoms with Crippen molar-refractivity contribution in [2.24, 2.45) is 5.84 Å². The second-order valence-electron chi connectivity index (χ2n) is 5.53. The summed E-state index contributed by atoms with van der Waals surface area (Å²) in [6, 6.07) is 8.93. The van der Waals surface area contributed by atoms with E-state index in [-0.39, 0.29) is 0 Å². The van der Waals surface area contributed by atoms with Gasteiger partial charge in [-0.05, 0) is 44.2 Å². The molecule has 0 bridgehead atoms. The lowest BCUT2D eigenvalue weighted by Crippen LogP contribution is -2.20. The van der Waals surface area contributed by atoms with Crippen LogP contribution >= 0.6 is 0 Å². The third-order valence-corrected chi connectivity index (χ3v) is 4.07. The Hall–Kier alpha value is -2.14. The number of rotatable bonds is 3. The summed E-state index contributed by atoms with van der Waals surface area (Å²) >= 11 is 0. The number of nitrogens with two attached hydrogens (primary N) is 1. The van der Waals surface area contributed by atoms with Gasteiger partial charge in [-0.15, -0.1) is 0 Å². The van der Waals surface area contributed by atoms with Crippen LogP contribution in [0.1, 0.15) is 41.4 Å². The fraction of sp³-hybridized carbons (Fsp3) is 0.375. The first kappa shape index (κ1) is 13.8. The van der Waals surface area contributed by atoms with Gasteiger partial charge >= 0.3 is 0 Å². The maximum Gasteiger partial charge on any atom is 0.148 e. The highest BCUT2D eigenvalue weighted by Crippen LogP contribution is 2.33. The molecule has 0 spiro atoms. The summed E-state index contributed by atoms with van der Waals surface area (Å²) in [6.07, 6.45) is 3.47. The predicted molar refractivity (Wildman–Crippen MR) is 85.1 cm³/mol. The van der Waals surface area contributed by atoms with Crippen molar-refractivity contribution >= 4 is 11.6 Å². The smallest absolute Gasteiger partial charge is 0.148 e. The van der Waals surface area contributed by atoms with E-state index in [1.807, 2.05) is 13.8 Å². The second kappa shape index (κ2) is 5.69. The number of anilines is 2. The molecule has 1 atom stereocenters. The summed E-state index contributed by atoms with van der Waals surface area (Å²) < 4.78 is 0. The van der Waals surface area contributed by atoms with Crippen molar-refractivity contribution < 1.29 is 0 Å². The van der Waals surface area contributed by atoms with E-state index < -0.39 is 0 Å². The zero-order chi connectivity index (χ0) is 14.8. The zero-order valence-electron chi connectivity index (χ0n) is 12.5. The van der Waals surface area contributed by atoms with Crippen LogP contribution in [0.15, 0.2) is 24.3 Å².